The Balaban J connectivity index is -0.00000612. The van der Waals surface area contributed by atoms with Gasteiger partial charge < -0.3 is 39.5 Å². The van der Waals surface area contributed by atoms with Crippen molar-refractivity contribution < 1.29 is 39.0 Å². The van der Waals surface area contributed by atoms with Gasteiger partial charge in [0, 0.05) is 19.4 Å². The van der Waals surface area contributed by atoms with Gasteiger partial charge in [-0.15, -0.1) is 0 Å². The maximum absolute atomic E-state index is 11.9. The van der Waals surface area contributed by atoms with E-state index in [1.807, 2.05) is 0 Å². The predicted molar refractivity (Wildman–Crippen MR) is 160 cm³/mol. The Morgan fingerprint density at radius 3 is 1.34 bits per heavy atom. The third-order valence-corrected chi connectivity index (χ3v) is 7.71. The van der Waals surface area contributed by atoms with Crippen molar-refractivity contribution in [3.8, 4) is 0 Å². The monoisotopic (exact) mass is 581 g/mol. The van der Waals surface area contributed by atoms with Crippen molar-refractivity contribution in [1.82, 2.24) is 5.32 Å². The second-order valence-electron chi connectivity index (χ2n) is 12.5. The molecule has 0 aliphatic carbocycles. The minimum absolute atomic E-state index is 0. The molecule has 0 spiro atoms. The summed E-state index contributed by atoms with van der Waals surface area (Å²) in [6, 6.07) is 0. The molecule has 0 saturated heterocycles. The van der Waals surface area contributed by atoms with Crippen LogP contribution in [0.2, 0.25) is 0 Å². The number of carbonyl (C=O) groups is 1. The third-order valence-electron chi connectivity index (χ3n) is 7.71. The molecular weight excluding hydrogens is 513 g/mol. The summed E-state index contributed by atoms with van der Waals surface area (Å²) >= 11 is 0. The Labute approximate surface area is 252 Å². The van der Waals surface area contributed by atoms with E-state index in [1.54, 1.807) is 0 Å². The molecule has 1 amide bonds. The molecule has 0 atom stereocenters. The molecule has 2 N–H and O–H groups in total. The summed E-state index contributed by atoms with van der Waals surface area (Å²) < 4.78 is 1.16. The number of rotatable bonds is 28. The van der Waals surface area contributed by atoms with Gasteiger partial charge in [0.25, 0.3) is 0 Å². The predicted octanol–water partition coefficient (Wildman–Crippen LogP) is 0.934. The van der Waals surface area contributed by atoms with Crippen LogP contribution in [0, 0.1) is 0 Å². The molecule has 0 aromatic carbocycles. The van der Waals surface area contributed by atoms with Crippen LogP contribution in [0.15, 0.2) is 0 Å². The van der Waals surface area contributed by atoms with Gasteiger partial charge >= 0.3 is 0 Å². The van der Waals surface area contributed by atoms with Crippen molar-refractivity contribution in [2.45, 2.75) is 148 Å². The van der Waals surface area contributed by atoms with E-state index in [0.717, 1.165) is 30.4 Å². The van der Waals surface area contributed by atoms with Crippen LogP contribution in [0.1, 0.15) is 148 Å². The molecule has 0 saturated carbocycles. The Morgan fingerprint density at radius 2 is 0.947 bits per heavy atom. The normalized spacial score (nSPS) is 11.3. The largest absolute Gasteiger partial charge is 1.00 e. The fourth-order valence-corrected chi connectivity index (χ4v) is 5.14. The lowest BCUT2D eigenvalue weighted by Crippen LogP contribution is -3.05. The number of carbonyl (C=O) groups excluding carboxylic acids is 1. The standard InChI is InChI=1S/C32H67N3O.2ClH/c1-6-7-8-9-10-11-12-13-14-15-16-17-18-19-21-24-30-35(4,5)31-25-22-20-23-27-32(36)33-28-26-29-34(2)3;;/h6-31H2,1-5H3;2*1H. The minimum Gasteiger partial charge on any atom is -1.00 e. The van der Waals surface area contributed by atoms with Gasteiger partial charge in [-0.3, -0.25) is 4.79 Å². The number of halogens is 2. The molecule has 0 rings (SSSR count). The van der Waals surface area contributed by atoms with Gasteiger partial charge in [-0.1, -0.05) is 103 Å². The average Bonchev–Trinajstić information content (AvgIpc) is 2.83. The van der Waals surface area contributed by atoms with Crippen molar-refractivity contribution in [1.29, 1.82) is 0 Å². The van der Waals surface area contributed by atoms with E-state index < -0.39 is 0 Å². The maximum Gasteiger partial charge on any atom is 0.219 e. The second kappa shape index (κ2) is 31.5. The maximum atomic E-state index is 11.9. The first-order valence-electron chi connectivity index (χ1n) is 16.2. The highest BCUT2D eigenvalue weighted by atomic mass is 35.5. The fourth-order valence-electron chi connectivity index (χ4n) is 5.14. The number of quaternary nitrogens is 2. The van der Waals surface area contributed by atoms with Gasteiger partial charge in [0.15, 0.2) is 0 Å². The first-order chi connectivity index (χ1) is 17.4. The minimum atomic E-state index is 0. The highest BCUT2D eigenvalue weighted by Gasteiger charge is 2.13. The highest BCUT2D eigenvalue weighted by molar-refractivity contribution is 5.75. The molecule has 0 aliphatic rings. The van der Waals surface area contributed by atoms with Crippen LogP contribution >= 0.6 is 0 Å². The van der Waals surface area contributed by atoms with E-state index in [2.05, 4.69) is 40.4 Å². The zero-order valence-electron chi connectivity index (χ0n) is 26.5. The summed E-state index contributed by atoms with van der Waals surface area (Å²) in [5, 5.41) is 3.06. The van der Waals surface area contributed by atoms with Crippen molar-refractivity contribution >= 4 is 5.91 Å². The lowest BCUT2D eigenvalue weighted by atomic mass is 10.0. The fraction of sp³-hybridized carbons (Fsp3) is 0.969. The number of hydrogen-bond acceptors (Lipinski definition) is 1. The highest BCUT2D eigenvalue weighted by Crippen LogP contribution is 2.14. The topological polar surface area (TPSA) is 33.5 Å². The Morgan fingerprint density at radius 1 is 0.579 bits per heavy atom. The summed E-state index contributed by atoms with van der Waals surface area (Å²) in [6.07, 6.45) is 29.6. The Bertz CT molecular complexity index is 476. The lowest BCUT2D eigenvalue weighted by molar-refractivity contribution is -0.890. The molecule has 0 radical (unpaired) electrons. The molecule has 0 aromatic heterocycles. The smallest absolute Gasteiger partial charge is 0.219 e. The SMILES string of the molecule is CCCCCCCCCCCCCCCCCC[N+](C)(C)CCCCCCC(=O)NCCC[NH+](C)C.[Cl-].[Cl-]. The third kappa shape index (κ3) is 34.0. The van der Waals surface area contributed by atoms with E-state index in [1.165, 1.54) is 140 Å². The van der Waals surface area contributed by atoms with E-state index in [4.69, 9.17) is 0 Å². The summed E-state index contributed by atoms with van der Waals surface area (Å²) in [5.74, 6) is 0.239. The summed E-state index contributed by atoms with van der Waals surface area (Å²) in [7, 11) is 9.11. The van der Waals surface area contributed by atoms with Crippen LogP contribution in [0.3, 0.4) is 0 Å². The summed E-state index contributed by atoms with van der Waals surface area (Å²) in [4.78, 5) is 13.3. The average molecular weight is 583 g/mol. The second-order valence-corrected chi connectivity index (χ2v) is 12.5. The van der Waals surface area contributed by atoms with Crippen molar-refractivity contribution in [3.05, 3.63) is 0 Å². The number of nitrogens with zero attached hydrogens (tertiary/aromatic N) is 1. The molecule has 0 bridgehead atoms. The van der Waals surface area contributed by atoms with Crippen molar-refractivity contribution in [3.63, 3.8) is 0 Å². The zero-order chi connectivity index (χ0) is 26.7. The number of unbranched alkanes of at least 4 members (excludes halogenated alkanes) is 18. The van der Waals surface area contributed by atoms with Crippen molar-refractivity contribution in [2.24, 2.45) is 0 Å². The number of nitrogens with one attached hydrogen (secondary N) is 2. The zero-order valence-corrected chi connectivity index (χ0v) is 28.0. The van der Waals surface area contributed by atoms with Gasteiger partial charge in [0.05, 0.1) is 47.8 Å². The first-order valence-corrected chi connectivity index (χ1v) is 16.2. The number of hydrogen-bond donors (Lipinski definition) is 2. The van der Waals surface area contributed by atoms with Gasteiger partial charge in [0.1, 0.15) is 0 Å². The van der Waals surface area contributed by atoms with E-state index >= 15 is 0 Å². The molecule has 4 nitrogen and oxygen atoms in total. The molecule has 0 heterocycles. The van der Waals surface area contributed by atoms with Crippen LogP contribution in [-0.2, 0) is 4.79 Å². The van der Waals surface area contributed by atoms with Crippen LogP contribution in [-0.4, -0.2) is 64.8 Å². The molecule has 6 heteroatoms. The molecule has 232 valence electrons. The Hall–Kier alpha value is -0.0300. The van der Waals surface area contributed by atoms with Crippen LogP contribution in [0.4, 0.5) is 0 Å². The van der Waals surface area contributed by atoms with Crippen LogP contribution in [0.25, 0.3) is 0 Å². The van der Waals surface area contributed by atoms with E-state index in [-0.39, 0.29) is 30.7 Å². The quantitative estimate of drug-likeness (QED) is 0.105. The molecule has 0 aromatic rings. The Kier molecular flexibility index (Phi) is 35.2. The van der Waals surface area contributed by atoms with Gasteiger partial charge in [-0.2, -0.15) is 0 Å². The summed E-state index contributed by atoms with van der Waals surface area (Å²) in [5.41, 5.74) is 0. The van der Waals surface area contributed by atoms with Crippen LogP contribution < -0.4 is 35.0 Å². The molecule has 0 unspecified atom stereocenters. The lowest BCUT2D eigenvalue weighted by Gasteiger charge is -2.30. The molecule has 38 heavy (non-hydrogen) atoms. The van der Waals surface area contributed by atoms with Gasteiger partial charge in [-0.05, 0) is 32.1 Å². The molecule has 0 aliphatic heterocycles. The van der Waals surface area contributed by atoms with Gasteiger partial charge in [-0.25, -0.2) is 0 Å². The van der Waals surface area contributed by atoms with E-state index in [9.17, 15) is 4.79 Å². The van der Waals surface area contributed by atoms with Crippen LogP contribution in [0.5, 0.6) is 0 Å². The van der Waals surface area contributed by atoms with Gasteiger partial charge in [0.2, 0.25) is 5.91 Å². The first kappa shape index (κ1) is 42.4. The number of amides is 1. The van der Waals surface area contributed by atoms with Crippen molar-refractivity contribution in [2.75, 3.05) is 54.4 Å². The molecule has 0 fully saturated rings. The van der Waals surface area contributed by atoms with E-state index in [0.29, 0.717) is 6.42 Å². The summed E-state index contributed by atoms with van der Waals surface area (Å²) in [6.45, 7) is 6.84. The molecular formula is C32H69Cl2N3O.